The number of ether oxygens (including phenoxy) is 2. The molecule has 0 radical (unpaired) electrons. The summed E-state index contributed by atoms with van der Waals surface area (Å²) >= 11 is 0. The Morgan fingerprint density at radius 1 is 1.46 bits per heavy atom. The van der Waals surface area contributed by atoms with Crippen molar-refractivity contribution in [3.05, 3.63) is 17.3 Å². The van der Waals surface area contributed by atoms with Crippen LogP contribution in [0.2, 0.25) is 0 Å². The smallest absolute Gasteiger partial charge is 0.422 e. The van der Waals surface area contributed by atoms with E-state index in [1.54, 1.807) is 20.8 Å². The van der Waals surface area contributed by atoms with E-state index in [2.05, 4.69) is 10.3 Å². The average molecular weight is 403 g/mol. The number of rotatable bonds is 5. The maximum absolute atomic E-state index is 13.2. The van der Waals surface area contributed by atoms with Gasteiger partial charge in [-0.25, -0.2) is 4.79 Å². The average Bonchev–Trinajstić information content (AvgIpc) is 3.15. The zero-order chi connectivity index (χ0) is 20.9. The fourth-order valence-electron chi connectivity index (χ4n) is 2.99. The highest BCUT2D eigenvalue weighted by Gasteiger charge is 2.55. The van der Waals surface area contributed by atoms with E-state index < -0.39 is 29.4 Å². The van der Waals surface area contributed by atoms with E-state index in [0.717, 1.165) is 0 Å². The molecule has 2 aromatic rings. The van der Waals surface area contributed by atoms with Crippen molar-refractivity contribution in [2.75, 3.05) is 6.61 Å². The van der Waals surface area contributed by atoms with Crippen LogP contribution in [-0.2, 0) is 21.7 Å². The molecule has 2 aromatic heterocycles. The second-order valence-electron chi connectivity index (χ2n) is 7.12. The summed E-state index contributed by atoms with van der Waals surface area (Å²) in [6.07, 6.45) is -5.20. The minimum atomic E-state index is -4.92. The largest absolute Gasteiger partial charge is 0.465 e. The minimum absolute atomic E-state index is 0.0744. The molecule has 0 spiro atoms. The maximum atomic E-state index is 13.2. The molecule has 0 unspecified atom stereocenters. The molecule has 0 saturated carbocycles. The lowest BCUT2D eigenvalue weighted by molar-refractivity contribution is -0.261. The van der Waals surface area contributed by atoms with Crippen LogP contribution >= 0.6 is 0 Å². The Labute approximate surface area is 158 Å². The highest BCUT2D eigenvalue weighted by Crippen LogP contribution is 2.46. The number of nitrogens with zero attached hydrogens (tertiary/aromatic N) is 3. The number of hydrogen-bond acceptors (Lipinski definition) is 7. The molecule has 0 aliphatic carbocycles. The molecule has 0 aromatic carbocycles. The number of fused-ring (bicyclic) bond motifs is 3. The van der Waals surface area contributed by atoms with E-state index in [1.165, 1.54) is 10.7 Å². The van der Waals surface area contributed by atoms with Crippen LogP contribution in [0.5, 0.6) is 5.88 Å². The third-order valence-corrected chi connectivity index (χ3v) is 4.38. The van der Waals surface area contributed by atoms with Crippen LogP contribution in [0, 0.1) is 0 Å². The Bertz CT molecular complexity index is 885. The zero-order valence-electron chi connectivity index (χ0n) is 15.7. The molecule has 28 heavy (non-hydrogen) atoms. The van der Waals surface area contributed by atoms with Crippen molar-refractivity contribution < 1.29 is 37.1 Å². The van der Waals surface area contributed by atoms with E-state index in [1.807, 2.05) is 0 Å². The van der Waals surface area contributed by atoms with Crippen LogP contribution < -0.4 is 4.74 Å². The van der Waals surface area contributed by atoms with Gasteiger partial charge >= 0.3 is 12.1 Å². The molecule has 1 aliphatic heterocycles. The van der Waals surface area contributed by atoms with Crippen molar-refractivity contribution >= 4 is 5.97 Å². The number of esters is 1. The van der Waals surface area contributed by atoms with Crippen LogP contribution in [0.1, 0.15) is 44.9 Å². The van der Waals surface area contributed by atoms with Gasteiger partial charge in [-0.1, -0.05) is 12.1 Å². The first-order valence-corrected chi connectivity index (χ1v) is 8.61. The van der Waals surface area contributed by atoms with Crippen molar-refractivity contribution in [1.29, 1.82) is 0 Å². The molecule has 3 rings (SSSR count). The SMILES string of the molecule is CC(C)OC(=O)COc1cc2n(n1)C[C@H](C)c1c([C@@](C)(O)C(F)(F)F)noc1-2. The lowest BCUT2D eigenvalue weighted by Gasteiger charge is -2.27. The van der Waals surface area contributed by atoms with Crippen LogP contribution in [-0.4, -0.2) is 44.9 Å². The zero-order valence-corrected chi connectivity index (χ0v) is 15.7. The highest BCUT2D eigenvalue weighted by molar-refractivity contribution is 5.71. The summed E-state index contributed by atoms with van der Waals surface area (Å²) in [6, 6.07) is 1.44. The molecular weight excluding hydrogens is 383 g/mol. The molecule has 11 heteroatoms. The molecule has 0 saturated heterocycles. The molecule has 1 aliphatic rings. The quantitative estimate of drug-likeness (QED) is 0.767. The van der Waals surface area contributed by atoms with Gasteiger partial charge in [0.05, 0.1) is 6.10 Å². The van der Waals surface area contributed by atoms with Gasteiger partial charge in [0.15, 0.2) is 12.4 Å². The first kappa shape index (κ1) is 20.2. The molecule has 0 fully saturated rings. The van der Waals surface area contributed by atoms with Crippen molar-refractivity contribution in [2.24, 2.45) is 0 Å². The van der Waals surface area contributed by atoms with E-state index in [-0.39, 0.29) is 36.5 Å². The standard InChI is InChI=1S/C17H20F3N3O5/c1-8(2)27-12(24)7-26-11-5-10-14-13(9(3)6-23(10)21-11)15(22-28-14)16(4,25)17(18,19)20/h5,8-9,25H,6-7H2,1-4H3/t9-,16+/m0/s1. The number of aliphatic hydroxyl groups is 1. The van der Waals surface area contributed by atoms with Gasteiger partial charge < -0.3 is 19.1 Å². The van der Waals surface area contributed by atoms with Crippen LogP contribution in [0.25, 0.3) is 11.5 Å². The summed E-state index contributed by atoms with van der Waals surface area (Å²) < 4.78 is 56.6. The van der Waals surface area contributed by atoms with Gasteiger partial charge in [0.2, 0.25) is 11.5 Å². The molecular formula is C17H20F3N3O5. The minimum Gasteiger partial charge on any atom is -0.465 e. The van der Waals surface area contributed by atoms with Crippen molar-refractivity contribution in [2.45, 2.75) is 58.0 Å². The normalized spacial score (nSPS) is 18.4. The summed E-state index contributed by atoms with van der Waals surface area (Å²) in [5, 5.41) is 17.7. The van der Waals surface area contributed by atoms with Crippen molar-refractivity contribution in [1.82, 2.24) is 14.9 Å². The first-order chi connectivity index (χ1) is 12.9. The molecule has 8 nitrogen and oxygen atoms in total. The number of hydrogen-bond donors (Lipinski definition) is 1. The summed E-state index contributed by atoms with van der Waals surface area (Å²) in [6.45, 7) is 5.59. The van der Waals surface area contributed by atoms with Gasteiger partial charge in [0, 0.05) is 24.1 Å². The molecule has 0 bridgehead atoms. The van der Waals surface area contributed by atoms with E-state index in [4.69, 9.17) is 14.0 Å². The predicted octanol–water partition coefficient (Wildman–Crippen LogP) is 2.76. The predicted molar refractivity (Wildman–Crippen MR) is 88.5 cm³/mol. The Hall–Kier alpha value is -2.56. The van der Waals surface area contributed by atoms with Crippen LogP contribution in [0.4, 0.5) is 13.2 Å². The monoisotopic (exact) mass is 403 g/mol. The fourth-order valence-corrected chi connectivity index (χ4v) is 2.99. The van der Waals surface area contributed by atoms with Crippen LogP contribution in [0.15, 0.2) is 10.6 Å². The lowest BCUT2D eigenvalue weighted by Crippen LogP contribution is -2.40. The van der Waals surface area contributed by atoms with E-state index in [9.17, 15) is 23.1 Å². The van der Waals surface area contributed by atoms with Gasteiger partial charge in [-0.15, -0.1) is 5.10 Å². The first-order valence-electron chi connectivity index (χ1n) is 8.61. The van der Waals surface area contributed by atoms with E-state index >= 15 is 0 Å². The number of carbonyl (C=O) groups is 1. The number of halogens is 3. The Morgan fingerprint density at radius 3 is 2.75 bits per heavy atom. The summed E-state index contributed by atoms with van der Waals surface area (Å²) in [7, 11) is 0. The lowest BCUT2D eigenvalue weighted by atomic mass is 9.88. The molecule has 0 amide bonds. The summed E-state index contributed by atoms with van der Waals surface area (Å²) in [4.78, 5) is 11.6. The summed E-state index contributed by atoms with van der Waals surface area (Å²) in [5.74, 6) is -0.851. The van der Waals surface area contributed by atoms with Crippen molar-refractivity contribution in [3.63, 3.8) is 0 Å². The van der Waals surface area contributed by atoms with Crippen molar-refractivity contribution in [3.8, 4) is 17.3 Å². The summed E-state index contributed by atoms with van der Waals surface area (Å²) in [5.41, 5.74) is -3.21. The molecule has 154 valence electrons. The molecule has 2 atom stereocenters. The third kappa shape index (κ3) is 3.46. The second-order valence-corrected chi connectivity index (χ2v) is 7.12. The van der Waals surface area contributed by atoms with Gasteiger partial charge in [0.1, 0.15) is 11.4 Å². The van der Waals surface area contributed by atoms with Gasteiger partial charge in [-0.05, 0) is 20.8 Å². The second kappa shape index (κ2) is 6.80. The number of alkyl halides is 3. The van der Waals surface area contributed by atoms with Gasteiger partial charge in [0.25, 0.3) is 0 Å². The van der Waals surface area contributed by atoms with Gasteiger partial charge in [-0.2, -0.15) is 13.2 Å². The molecule has 3 heterocycles. The van der Waals surface area contributed by atoms with Crippen LogP contribution in [0.3, 0.4) is 0 Å². The highest BCUT2D eigenvalue weighted by atomic mass is 19.4. The van der Waals surface area contributed by atoms with Gasteiger partial charge in [-0.3, -0.25) is 4.68 Å². The Balaban J connectivity index is 1.90. The topological polar surface area (TPSA) is 99.6 Å². The fraction of sp³-hybridized carbons (Fsp3) is 0.588. The third-order valence-electron chi connectivity index (χ3n) is 4.38. The number of carbonyl (C=O) groups excluding carboxylic acids is 1. The maximum Gasteiger partial charge on any atom is 0.422 e. The van der Waals surface area contributed by atoms with E-state index in [0.29, 0.717) is 12.6 Å². The molecule has 1 N–H and O–H groups in total. The number of aromatic nitrogens is 3. The Morgan fingerprint density at radius 2 is 2.14 bits per heavy atom. The Kier molecular flexibility index (Phi) is 4.90.